The Bertz CT molecular complexity index is 1070. The molecule has 0 aromatic heterocycles. The Labute approximate surface area is 193 Å². The fourth-order valence-corrected chi connectivity index (χ4v) is 3.23. The van der Waals surface area contributed by atoms with Crippen molar-refractivity contribution in [2.45, 2.75) is 6.42 Å². The van der Waals surface area contributed by atoms with Gasteiger partial charge in [-0.3, -0.25) is 30.0 Å². The van der Waals surface area contributed by atoms with E-state index in [9.17, 15) is 24.0 Å². The lowest BCUT2D eigenvalue weighted by molar-refractivity contribution is -0.152. The molecule has 3 amide bonds. The maximum Gasteiger partial charge on any atom is 0.337 e. The predicted octanol–water partition coefficient (Wildman–Crippen LogP) is 1.48. The van der Waals surface area contributed by atoms with E-state index < -0.39 is 36.3 Å². The average molecular weight is 474 g/mol. The normalized spacial score (nSPS) is 15.0. The highest BCUT2D eigenvalue weighted by Crippen LogP contribution is 2.26. The zero-order chi connectivity index (χ0) is 24.0. The third-order valence-electron chi connectivity index (χ3n) is 4.83. The molecule has 2 aromatic rings. The summed E-state index contributed by atoms with van der Waals surface area (Å²) in [6, 6.07) is 12.2. The van der Waals surface area contributed by atoms with Crippen molar-refractivity contribution in [3.05, 3.63) is 64.7 Å². The van der Waals surface area contributed by atoms with E-state index in [0.29, 0.717) is 16.3 Å². The van der Waals surface area contributed by atoms with Crippen molar-refractivity contribution in [3.63, 3.8) is 0 Å². The van der Waals surface area contributed by atoms with Gasteiger partial charge in [0.05, 0.1) is 18.6 Å². The summed E-state index contributed by atoms with van der Waals surface area (Å²) in [5, 5.41) is 0.463. The monoisotopic (exact) mass is 473 g/mol. The van der Waals surface area contributed by atoms with Crippen LogP contribution in [0.5, 0.6) is 0 Å². The molecular weight excluding hydrogens is 454 g/mol. The van der Waals surface area contributed by atoms with E-state index >= 15 is 0 Å². The first kappa shape index (κ1) is 23.7. The number of nitrogens with one attached hydrogen (secondary N) is 2. The molecule has 1 aliphatic heterocycles. The van der Waals surface area contributed by atoms with Crippen LogP contribution < -0.4 is 15.8 Å². The van der Waals surface area contributed by atoms with Gasteiger partial charge in [-0.1, -0.05) is 11.6 Å². The molecular formula is C22H20ClN3O7. The minimum atomic E-state index is -0.755. The Morgan fingerprint density at radius 1 is 1.00 bits per heavy atom. The van der Waals surface area contributed by atoms with Crippen LogP contribution in [0.25, 0.3) is 0 Å². The Balaban J connectivity index is 1.46. The van der Waals surface area contributed by atoms with Gasteiger partial charge >= 0.3 is 11.9 Å². The molecule has 1 atom stereocenters. The summed E-state index contributed by atoms with van der Waals surface area (Å²) in [6.45, 7) is -0.553. The zero-order valence-corrected chi connectivity index (χ0v) is 18.3. The van der Waals surface area contributed by atoms with Gasteiger partial charge in [0, 0.05) is 29.2 Å². The van der Waals surface area contributed by atoms with E-state index in [1.165, 1.54) is 48.4 Å². The molecule has 10 nitrogen and oxygen atoms in total. The van der Waals surface area contributed by atoms with Gasteiger partial charge in [-0.2, -0.15) is 0 Å². The maximum atomic E-state index is 12.3. The summed E-state index contributed by atoms with van der Waals surface area (Å²) < 4.78 is 9.61. The molecule has 0 radical (unpaired) electrons. The number of hydrogen-bond donors (Lipinski definition) is 2. The number of halogens is 1. The molecule has 2 N–H and O–H groups in total. The molecule has 33 heavy (non-hydrogen) atoms. The standard InChI is InChI=1S/C22H20ClN3O7/c1-32-21(30)14-4-8-17(9-5-14)26-11-15(10-19(26)28)22(31)33-12-18(27)24-25-20(29)13-2-6-16(23)7-3-13/h2-9,15H,10-12H2,1H3,(H,24,27)(H,25,29)/t15-/m1/s1. The first-order valence-corrected chi connectivity index (χ1v) is 10.2. The van der Waals surface area contributed by atoms with Gasteiger partial charge in [-0.05, 0) is 48.5 Å². The van der Waals surface area contributed by atoms with E-state index in [4.69, 9.17) is 16.3 Å². The lowest BCUT2D eigenvalue weighted by Crippen LogP contribution is -2.43. The van der Waals surface area contributed by atoms with Gasteiger partial charge in [0.2, 0.25) is 5.91 Å². The highest BCUT2D eigenvalue weighted by molar-refractivity contribution is 6.30. The van der Waals surface area contributed by atoms with Gasteiger partial charge in [-0.25, -0.2) is 4.79 Å². The van der Waals surface area contributed by atoms with Gasteiger partial charge in [-0.15, -0.1) is 0 Å². The summed E-state index contributed by atoms with van der Waals surface area (Å²) in [6.07, 6.45) is -0.0769. The molecule has 1 saturated heterocycles. The molecule has 3 rings (SSSR count). The minimum Gasteiger partial charge on any atom is -0.465 e. The van der Waals surface area contributed by atoms with Crippen LogP contribution in [0.4, 0.5) is 5.69 Å². The average Bonchev–Trinajstić information content (AvgIpc) is 3.22. The number of methoxy groups -OCH3 is 1. The van der Waals surface area contributed by atoms with Crippen molar-refractivity contribution in [2.24, 2.45) is 5.92 Å². The van der Waals surface area contributed by atoms with Crippen LogP contribution in [0.1, 0.15) is 27.1 Å². The fourth-order valence-electron chi connectivity index (χ4n) is 3.10. The summed E-state index contributed by atoms with van der Waals surface area (Å²) in [5.41, 5.74) is 5.47. The molecule has 172 valence electrons. The van der Waals surface area contributed by atoms with Crippen LogP contribution in [0.2, 0.25) is 5.02 Å². The molecule has 0 unspecified atom stereocenters. The van der Waals surface area contributed by atoms with Crippen LogP contribution in [0.15, 0.2) is 48.5 Å². The van der Waals surface area contributed by atoms with Crippen LogP contribution >= 0.6 is 11.6 Å². The zero-order valence-electron chi connectivity index (χ0n) is 17.5. The Kier molecular flexibility index (Phi) is 7.62. The van der Waals surface area contributed by atoms with E-state index in [-0.39, 0.29) is 24.4 Å². The number of amides is 3. The van der Waals surface area contributed by atoms with E-state index in [0.717, 1.165) is 0 Å². The summed E-state index contributed by atoms with van der Waals surface area (Å²) >= 11 is 5.75. The van der Waals surface area contributed by atoms with Crippen molar-refractivity contribution in [1.29, 1.82) is 0 Å². The van der Waals surface area contributed by atoms with Crippen molar-refractivity contribution in [2.75, 3.05) is 25.2 Å². The SMILES string of the molecule is COC(=O)c1ccc(N2C[C@H](C(=O)OCC(=O)NNC(=O)c3ccc(Cl)cc3)CC2=O)cc1. The number of carbonyl (C=O) groups excluding carboxylic acids is 5. The molecule has 0 saturated carbocycles. The number of hydrogen-bond acceptors (Lipinski definition) is 7. The molecule has 2 aromatic carbocycles. The van der Waals surface area contributed by atoms with E-state index in [1.54, 1.807) is 12.1 Å². The van der Waals surface area contributed by atoms with E-state index in [1.807, 2.05) is 0 Å². The van der Waals surface area contributed by atoms with Gasteiger partial charge in [0.1, 0.15) is 0 Å². The first-order chi connectivity index (χ1) is 15.8. The molecule has 11 heteroatoms. The summed E-state index contributed by atoms with van der Waals surface area (Å²) in [5.74, 6) is -3.57. The van der Waals surface area contributed by atoms with Crippen LogP contribution in [0, 0.1) is 5.92 Å². The van der Waals surface area contributed by atoms with Crippen molar-refractivity contribution < 1.29 is 33.4 Å². The van der Waals surface area contributed by atoms with Gasteiger partial charge in [0.15, 0.2) is 6.61 Å². The second-order valence-corrected chi connectivity index (χ2v) is 7.50. The highest BCUT2D eigenvalue weighted by atomic mass is 35.5. The Morgan fingerprint density at radius 3 is 2.27 bits per heavy atom. The molecule has 1 fully saturated rings. The van der Waals surface area contributed by atoms with Crippen molar-refractivity contribution >= 4 is 46.9 Å². The quantitative estimate of drug-likeness (QED) is 0.480. The van der Waals surface area contributed by atoms with Crippen LogP contribution in [0.3, 0.4) is 0 Å². The second kappa shape index (κ2) is 10.6. The predicted molar refractivity (Wildman–Crippen MR) is 116 cm³/mol. The lowest BCUT2D eigenvalue weighted by atomic mass is 10.1. The van der Waals surface area contributed by atoms with Crippen molar-refractivity contribution in [1.82, 2.24) is 10.9 Å². The number of hydrazine groups is 1. The number of ether oxygens (including phenoxy) is 2. The lowest BCUT2D eigenvalue weighted by Gasteiger charge is -2.16. The first-order valence-electron chi connectivity index (χ1n) is 9.78. The summed E-state index contributed by atoms with van der Waals surface area (Å²) in [4.78, 5) is 61.4. The Morgan fingerprint density at radius 2 is 1.64 bits per heavy atom. The van der Waals surface area contributed by atoms with Gasteiger partial charge in [0.25, 0.3) is 11.8 Å². The number of benzene rings is 2. The number of rotatable bonds is 6. The topological polar surface area (TPSA) is 131 Å². The van der Waals surface area contributed by atoms with Crippen LogP contribution in [-0.2, 0) is 23.9 Å². The third-order valence-corrected chi connectivity index (χ3v) is 5.08. The van der Waals surface area contributed by atoms with E-state index in [2.05, 4.69) is 15.6 Å². The second-order valence-electron chi connectivity index (χ2n) is 7.06. The smallest absolute Gasteiger partial charge is 0.337 e. The highest BCUT2D eigenvalue weighted by Gasteiger charge is 2.36. The molecule has 1 heterocycles. The third kappa shape index (κ3) is 6.07. The number of esters is 2. The molecule has 0 bridgehead atoms. The molecule has 0 aliphatic carbocycles. The molecule has 0 spiro atoms. The Hall–Kier alpha value is -3.92. The van der Waals surface area contributed by atoms with Crippen molar-refractivity contribution in [3.8, 4) is 0 Å². The largest absolute Gasteiger partial charge is 0.465 e. The van der Waals surface area contributed by atoms with Gasteiger partial charge < -0.3 is 14.4 Å². The number of anilines is 1. The summed E-state index contributed by atoms with van der Waals surface area (Å²) in [7, 11) is 1.27. The minimum absolute atomic E-state index is 0.0736. The fraction of sp³-hybridized carbons (Fsp3) is 0.227. The molecule has 1 aliphatic rings. The maximum absolute atomic E-state index is 12.3. The number of nitrogens with zero attached hydrogens (tertiary/aromatic N) is 1. The number of carbonyl (C=O) groups is 5. The van der Waals surface area contributed by atoms with Crippen LogP contribution in [-0.4, -0.2) is 49.9 Å².